The summed E-state index contributed by atoms with van der Waals surface area (Å²) in [5, 5.41) is 0. The van der Waals surface area contributed by atoms with Crippen molar-refractivity contribution in [3.05, 3.63) is 0 Å². The zero-order valence-corrected chi connectivity index (χ0v) is 13.1. The van der Waals surface area contributed by atoms with Crippen LogP contribution in [0.15, 0.2) is 0 Å². The quantitative estimate of drug-likeness (QED) is 0.764. The molecule has 1 rings (SSSR count). The highest BCUT2D eigenvalue weighted by Crippen LogP contribution is 2.24. The molecule has 2 amide bonds. The summed E-state index contributed by atoms with van der Waals surface area (Å²) in [5.41, 5.74) is 5.23. The van der Waals surface area contributed by atoms with Gasteiger partial charge in [-0.05, 0) is 32.6 Å². The van der Waals surface area contributed by atoms with Gasteiger partial charge >= 0.3 is 0 Å². The minimum Gasteiger partial charge on any atom is -0.369 e. The van der Waals surface area contributed by atoms with Gasteiger partial charge in [0.15, 0.2) is 0 Å². The maximum absolute atomic E-state index is 12.2. The molecule has 20 heavy (non-hydrogen) atoms. The van der Waals surface area contributed by atoms with Crippen LogP contribution in [-0.2, 0) is 9.59 Å². The van der Waals surface area contributed by atoms with Gasteiger partial charge in [-0.2, -0.15) is 0 Å². The molecule has 0 saturated heterocycles. The summed E-state index contributed by atoms with van der Waals surface area (Å²) >= 11 is 0. The Kier molecular flexibility index (Phi) is 6.99. The molecule has 0 aromatic heterocycles. The molecule has 0 atom stereocenters. The SMILES string of the molecule is CC(C)N(CC(N)=O)CC(=O)N(C)CC1CCCCC1. The summed E-state index contributed by atoms with van der Waals surface area (Å²) in [6, 6.07) is 0.134. The van der Waals surface area contributed by atoms with E-state index in [1.54, 1.807) is 0 Å². The van der Waals surface area contributed by atoms with Crippen LogP contribution in [0.25, 0.3) is 0 Å². The first-order chi connectivity index (χ1) is 9.40. The third-order valence-corrected chi connectivity index (χ3v) is 4.11. The van der Waals surface area contributed by atoms with Crippen molar-refractivity contribution in [1.29, 1.82) is 0 Å². The van der Waals surface area contributed by atoms with Crippen LogP contribution in [0.2, 0.25) is 0 Å². The van der Waals surface area contributed by atoms with E-state index in [-0.39, 0.29) is 30.9 Å². The van der Waals surface area contributed by atoms with Crippen molar-refractivity contribution >= 4 is 11.8 Å². The molecule has 0 aliphatic heterocycles. The Morgan fingerprint density at radius 1 is 1.15 bits per heavy atom. The van der Waals surface area contributed by atoms with Crippen LogP contribution in [0.4, 0.5) is 0 Å². The van der Waals surface area contributed by atoms with E-state index in [1.165, 1.54) is 32.1 Å². The smallest absolute Gasteiger partial charge is 0.236 e. The van der Waals surface area contributed by atoms with Crippen molar-refractivity contribution in [2.24, 2.45) is 11.7 Å². The maximum Gasteiger partial charge on any atom is 0.236 e. The summed E-state index contributed by atoms with van der Waals surface area (Å²) in [4.78, 5) is 26.9. The first kappa shape index (κ1) is 17.0. The van der Waals surface area contributed by atoms with Gasteiger partial charge in [0.2, 0.25) is 11.8 Å². The second-order valence-electron chi connectivity index (χ2n) is 6.24. The summed E-state index contributed by atoms with van der Waals surface area (Å²) in [7, 11) is 1.86. The molecule has 1 fully saturated rings. The topological polar surface area (TPSA) is 66.6 Å². The highest BCUT2D eigenvalue weighted by Gasteiger charge is 2.21. The van der Waals surface area contributed by atoms with Crippen LogP contribution in [0.1, 0.15) is 46.0 Å². The van der Waals surface area contributed by atoms with Crippen LogP contribution in [0.5, 0.6) is 0 Å². The molecule has 0 heterocycles. The number of carbonyl (C=O) groups excluding carboxylic acids is 2. The van der Waals surface area contributed by atoms with Crippen molar-refractivity contribution in [3.63, 3.8) is 0 Å². The average molecular weight is 283 g/mol. The van der Waals surface area contributed by atoms with Gasteiger partial charge in [-0.1, -0.05) is 19.3 Å². The van der Waals surface area contributed by atoms with E-state index in [2.05, 4.69) is 0 Å². The summed E-state index contributed by atoms with van der Waals surface area (Å²) in [6.45, 7) is 5.18. The lowest BCUT2D eigenvalue weighted by Crippen LogP contribution is -2.46. The monoisotopic (exact) mass is 283 g/mol. The number of primary amides is 1. The molecule has 0 unspecified atom stereocenters. The Morgan fingerprint density at radius 3 is 2.25 bits per heavy atom. The number of likely N-dealkylation sites (N-methyl/N-ethyl adjacent to an activating group) is 1. The zero-order valence-electron chi connectivity index (χ0n) is 13.1. The molecule has 5 heteroatoms. The van der Waals surface area contributed by atoms with E-state index in [0.717, 1.165) is 6.54 Å². The molecule has 0 aromatic carbocycles. The normalized spacial score (nSPS) is 16.6. The number of hydrogen-bond acceptors (Lipinski definition) is 3. The van der Waals surface area contributed by atoms with E-state index < -0.39 is 0 Å². The predicted octanol–water partition coefficient (Wildman–Crippen LogP) is 1.22. The lowest BCUT2D eigenvalue weighted by molar-refractivity contribution is -0.133. The first-order valence-electron chi connectivity index (χ1n) is 7.66. The number of amides is 2. The van der Waals surface area contributed by atoms with Crippen LogP contribution in [0, 0.1) is 5.92 Å². The molecular formula is C15H29N3O2. The van der Waals surface area contributed by atoms with Crippen LogP contribution in [-0.4, -0.2) is 54.3 Å². The van der Waals surface area contributed by atoms with Crippen LogP contribution >= 0.6 is 0 Å². The molecule has 2 N–H and O–H groups in total. The third kappa shape index (κ3) is 5.90. The molecule has 0 spiro atoms. The maximum atomic E-state index is 12.2. The third-order valence-electron chi connectivity index (χ3n) is 4.11. The van der Waals surface area contributed by atoms with E-state index in [0.29, 0.717) is 5.92 Å². The first-order valence-corrected chi connectivity index (χ1v) is 7.66. The number of carbonyl (C=O) groups is 2. The van der Waals surface area contributed by atoms with E-state index >= 15 is 0 Å². The number of rotatable bonds is 7. The zero-order chi connectivity index (χ0) is 15.1. The molecule has 0 aromatic rings. The van der Waals surface area contributed by atoms with E-state index in [4.69, 9.17) is 5.73 Å². The average Bonchev–Trinajstić information content (AvgIpc) is 2.38. The van der Waals surface area contributed by atoms with Crippen molar-refractivity contribution in [1.82, 2.24) is 9.80 Å². The van der Waals surface area contributed by atoms with Gasteiger partial charge in [0.25, 0.3) is 0 Å². The molecule has 1 saturated carbocycles. The minimum absolute atomic E-state index is 0.0746. The second-order valence-corrected chi connectivity index (χ2v) is 6.24. The van der Waals surface area contributed by atoms with Gasteiger partial charge in [0.05, 0.1) is 13.1 Å². The largest absolute Gasteiger partial charge is 0.369 e. The van der Waals surface area contributed by atoms with Gasteiger partial charge in [0, 0.05) is 19.6 Å². The molecule has 1 aliphatic carbocycles. The Labute approximate surface area is 122 Å². The number of hydrogen-bond donors (Lipinski definition) is 1. The van der Waals surface area contributed by atoms with Gasteiger partial charge < -0.3 is 10.6 Å². The second kappa shape index (κ2) is 8.25. The number of nitrogens with two attached hydrogens (primary N) is 1. The fourth-order valence-electron chi connectivity index (χ4n) is 2.77. The highest BCUT2D eigenvalue weighted by atomic mass is 16.2. The lowest BCUT2D eigenvalue weighted by atomic mass is 9.89. The predicted molar refractivity (Wildman–Crippen MR) is 80.1 cm³/mol. The molecule has 116 valence electrons. The summed E-state index contributed by atoms with van der Waals surface area (Å²) < 4.78 is 0. The van der Waals surface area contributed by atoms with Crippen molar-refractivity contribution < 1.29 is 9.59 Å². The Morgan fingerprint density at radius 2 is 1.75 bits per heavy atom. The van der Waals surface area contributed by atoms with Gasteiger partial charge in [0.1, 0.15) is 0 Å². The highest BCUT2D eigenvalue weighted by molar-refractivity contribution is 5.80. The Bertz CT molecular complexity index is 325. The molecule has 0 radical (unpaired) electrons. The molecular weight excluding hydrogens is 254 g/mol. The number of nitrogens with zero attached hydrogens (tertiary/aromatic N) is 2. The molecule has 1 aliphatic rings. The molecule has 5 nitrogen and oxygen atoms in total. The molecule has 0 bridgehead atoms. The summed E-state index contributed by atoms with van der Waals surface area (Å²) in [6.07, 6.45) is 6.35. The Balaban J connectivity index is 2.43. The summed E-state index contributed by atoms with van der Waals surface area (Å²) in [5.74, 6) is 0.327. The van der Waals surface area contributed by atoms with Crippen molar-refractivity contribution in [2.75, 3.05) is 26.7 Å². The van der Waals surface area contributed by atoms with Gasteiger partial charge in [-0.15, -0.1) is 0 Å². The van der Waals surface area contributed by atoms with Crippen LogP contribution < -0.4 is 5.73 Å². The lowest BCUT2D eigenvalue weighted by Gasteiger charge is -2.30. The Hall–Kier alpha value is -1.10. The van der Waals surface area contributed by atoms with E-state index in [1.807, 2.05) is 30.7 Å². The van der Waals surface area contributed by atoms with Gasteiger partial charge in [-0.3, -0.25) is 14.5 Å². The standard InChI is InChI=1S/C15H29N3O2/c1-12(2)18(10-14(16)19)11-15(20)17(3)9-13-7-5-4-6-8-13/h12-13H,4-11H2,1-3H3,(H2,16,19). The minimum atomic E-state index is -0.388. The van der Waals surface area contributed by atoms with Crippen LogP contribution in [0.3, 0.4) is 0 Å². The fraction of sp³-hybridized carbons (Fsp3) is 0.867. The van der Waals surface area contributed by atoms with Crippen molar-refractivity contribution in [3.8, 4) is 0 Å². The van der Waals surface area contributed by atoms with Crippen molar-refractivity contribution in [2.45, 2.75) is 52.0 Å². The fourth-order valence-corrected chi connectivity index (χ4v) is 2.77. The van der Waals surface area contributed by atoms with E-state index in [9.17, 15) is 9.59 Å². The van der Waals surface area contributed by atoms with Gasteiger partial charge in [-0.25, -0.2) is 0 Å².